The van der Waals surface area contributed by atoms with Crippen molar-refractivity contribution in [1.29, 1.82) is 0 Å². The Morgan fingerprint density at radius 2 is 2.11 bits per heavy atom. The Morgan fingerprint density at radius 3 is 2.94 bits per heavy atom. The average molecular weight is 241 g/mol. The summed E-state index contributed by atoms with van der Waals surface area (Å²) < 4.78 is 7.07. The van der Waals surface area contributed by atoms with Crippen molar-refractivity contribution in [3.63, 3.8) is 0 Å². The molecule has 0 unspecified atom stereocenters. The minimum Gasteiger partial charge on any atom is -0.480 e. The fourth-order valence-corrected chi connectivity index (χ4v) is 2.29. The average Bonchev–Trinajstić information content (AvgIpc) is 2.94. The van der Waals surface area contributed by atoms with E-state index in [2.05, 4.69) is 34.5 Å². The third kappa shape index (κ3) is 1.76. The summed E-state index contributed by atoms with van der Waals surface area (Å²) in [4.78, 5) is 3.28. The first-order valence-corrected chi connectivity index (χ1v) is 5.89. The van der Waals surface area contributed by atoms with Gasteiger partial charge in [-0.2, -0.15) is 0 Å². The first kappa shape index (κ1) is 10.9. The van der Waals surface area contributed by atoms with Gasteiger partial charge in [-0.1, -0.05) is 18.2 Å². The van der Waals surface area contributed by atoms with E-state index in [0.29, 0.717) is 5.88 Å². The number of fused-ring (bicyclic) bond motifs is 1. The number of hydrogen-bond donors (Lipinski definition) is 1. The molecule has 0 bridgehead atoms. The fourth-order valence-electron chi connectivity index (χ4n) is 2.29. The van der Waals surface area contributed by atoms with Gasteiger partial charge in [-0.25, -0.2) is 0 Å². The van der Waals surface area contributed by atoms with Crippen LogP contribution in [0.15, 0.2) is 36.7 Å². The minimum atomic E-state index is 0.697. The van der Waals surface area contributed by atoms with Crippen LogP contribution in [0.3, 0.4) is 0 Å². The van der Waals surface area contributed by atoms with Crippen molar-refractivity contribution < 1.29 is 4.74 Å². The van der Waals surface area contributed by atoms with E-state index in [0.717, 1.165) is 17.5 Å². The molecule has 0 amide bonds. The molecule has 18 heavy (non-hydrogen) atoms. The second-order valence-corrected chi connectivity index (χ2v) is 4.37. The summed E-state index contributed by atoms with van der Waals surface area (Å²) in [6.07, 6.45) is 4.87. The van der Waals surface area contributed by atoms with Crippen LogP contribution in [-0.4, -0.2) is 21.9 Å². The summed E-state index contributed by atoms with van der Waals surface area (Å²) in [6, 6.07) is 8.30. The smallest absolute Gasteiger partial charge is 0.236 e. The van der Waals surface area contributed by atoms with Crippen LogP contribution in [0, 0.1) is 0 Å². The van der Waals surface area contributed by atoms with Crippen molar-refractivity contribution in [2.24, 2.45) is 7.05 Å². The van der Waals surface area contributed by atoms with Crippen molar-refractivity contribution in [3.05, 3.63) is 47.8 Å². The Bertz CT molecular complexity index is 681. The maximum absolute atomic E-state index is 5.28. The Kier molecular flexibility index (Phi) is 2.55. The maximum atomic E-state index is 5.28. The SMILES string of the molecule is COc1nn(C)cc1Cc1c[nH]c2ccccc12. The zero-order valence-electron chi connectivity index (χ0n) is 10.5. The van der Waals surface area contributed by atoms with E-state index in [1.807, 2.05) is 19.3 Å². The molecule has 2 heterocycles. The Labute approximate surface area is 105 Å². The van der Waals surface area contributed by atoms with Crippen LogP contribution in [0.25, 0.3) is 10.9 Å². The Hall–Kier alpha value is -2.23. The molecular weight excluding hydrogens is 226 g/mol. The zero-order chi connectivity index (χ0) is 12.5. The number of hydrogen-bond acceptors (Lipinski definition) is 2. The van der Waals surface area contributed by atoms with Gasteiger partial charge >= 0.3 is 0 Å². The number of aryl methyl sites for hydroxylation is 1. The standard InChI is InChI=1S/C14H15N3O/c1-17-9-11(14(16-17)18-2)7-10-8-15-13-6-4-3-5-12(10)13/h3-6,8-9,15H,7H2,1-2H3. The molecule has 1 N–H and O–H groups in total. The lowest BCUT2D eigenvalue weighted by atomic mass is 10.1. The van der Waals surface area contributed by atoms with Crippen LogP contribution >= 0.6 is 0 Å². The normalized spacial score (nSPS) is 11.0. The molecule has 0 saturated heterocycles. The highest BCUT2D eigenvalue weighted by atomic mass is 16.5. The van der Waals surface area contributed by atoms with Gasteiger partial charge in [-0.05, 0) is 11.6 Å². The minimum absolute atomic E-state index is 0.697. The van der Waals surface area contributed by atoms with Gasteiger partial charge in [0, 0.05) is 42.3 Å². The molecule has 0 spiro atoms. The van der Waals surface area contributed by atoms with Crippen molar-refractivity contribution in [2.75, 3.05) is 7.11 Å². The molecule has 3 rings (SSSR count). The number of nitrogens with zero attached hydrogens (tertiary/aromatic N) is 2. The summed E-state index contributed by atoms with van der Waals surface area (Å²) in [7, 11) is 3.56. The lowest BCUT2D eigenvalue weighted by Gasteiger charge is -1.99. The van der Waals surface area contributed by atoms with Gasteiger partial charge in [0.2, 0.25) is 5.88 Å². The first-order valence-electron chi connectivity index (χ1n) is 5.89. The highest BCUT2D eigenvalue weighted by Gasteiger charge is 2.11. The number of methoxy groups -OCH3 is 1. The predicted molar refractivity (Wildman–Crippen MR) is 70.9 cm³/mol. The van der Waals surface area contributed by atoms with Gasteiger partial charge in [0.05, 0.1) is 7.11 Å². The van der Waals surface area contributed by atoms with Gasteiger partial charge < -0.3 is 9.72 Å². The number of aromatic amines is 1. The number of rotatable bonds is 3. The summed E-state index contributed by atoms with van der Waals surface area (Å²) in [5, 5.41) is 5.53. The molecule has 2 aromatic heterocycles. The second kappa shape index (κ2) is 4.22. The van der Waals surface area contributed by atoms with Gasteiger partial charge in [-0.3, -0.25) is 4.68 Å². The quantitative estimate of drug-likeness (QED) is 0.765. The van der Waals surface area contributed by atoms with Crippen LogP contribution in [0.2, 0.25) is 0 Å². The molecule has 0 aliphatic rings. The molecule has 0 saturated carbocycles. The van der Waals surface area contributed by atoms with E-state index in [1.165, 1.54) is 10.9 Å². The molecule has 0 aliphatic heterocycles. The van der Waals surface area contributed by atoms with Crippen LogP contribution in [0.4, 0.5) is 0 Å². The molecule has 3 aromatic rings. The zero-order valence-corrected chi connectivity index (χ0v) is 10.5. The number of ether oxygens (including phenoxy) is 1. The lowest BCUT2D eigenvalue weighted by Crippen LogP contribution is -1.91. The number of aromatic nitrogens is 3. The molecule has 0 atom stereocenters. The molecule has 0 radical (unpaired) electrons. The van der Waals surface area contributed by atoms with Crippen LogP contribution < -0.4 is 4.74 Å². The lowest BCUT2D eigenvalue weighted by molar-refractivity contribution is 0.388. The van der Waals surface area contributed by atoms with Crippen LogP contribution in [0.5, 0.6) is 5.88 Å². The molecule has 0 aliphatic carbocycles. The molecule has 0 fully saturated rings. The summed E-state index contributed by atoms with van der Waals surface area (Å²) >= 11 is 0. The highest BCUT2D eigenvalue weighted by molar-refractivity contribution is 5.83. The first-order chi connectivity index (χ1) is 8.78. The Morgan fingerprint density at radius 1 is 1.28 bits per heavy atom. The Balaban J connectivity index is 2.01. The van der Waals surface area contributed by atoms with Crippen molar-refractivity contribution in [3.8, 4) is 5.88 Å². The molecule has 92 valence electrons. The van der Waals surface area contributed by atoms with E-state index in [-0.39, 0.29) is 0 Å². The van der Waals surface area contributed by atoms with Crippen molar-refractivity contribution in [2.45, 2.75) is 6.42 Å². The topological polar surface area (TPSA) is 42.8 Å². The number of nitrogens with one attached hydrogen (secondary N) is 1. The van der Waals surface area contributed by atoms with E-state index in [4.69, 9.17) is 4.74 Å². The number of H-pyrrole nitrogens is 1. The largest absolute Gasteiger partial charge is 0.480 e. The molecular formula is C14H15N3O. The molecule has 4 heteroatoms. The van der Waals surface area contributed by atoms with Gasteiger partial charge in [0.25, 0.3) is 0 Å². The van der Waals surface area contributed by atoms with Gasteiger partial charge in [-0.15, -0.1) is 5.10 Å². The third-order valence-electron chi connectivity index (χ3n) is 3.12. The summed E-state index contributed by atoms with van der Waals surface area (Å²) in [5.41, 5.74) is 3.53. The van der Waals surface area contributed by atoms with Crippen LogP contribution in [0.1, 0.15) is 11.1 Å². The monoisotopic (exact) mass is 241 g/mol. The molecule has 4 nitrogen and oxygen atoms in total. The second-order valence-electron chi connectivity index (χ2n) is 4.37. The predicted octanol–water partition coefficient (Wildman–Crippen LogP) is 2.50. The van der Waals surface area contributed by atoms with E-state index in [9.17, 15) is 0 Å². The summed E-state index contributed by atoms with van der Waals surface area (Å²) in [5.74, 6) is 0.697. The van der Waals surface area contributed by atoms with Gasteiger partial charge in [0.15, 0.2) is 0 Å². The molecule has 1 aromatic carbocycles. The van der Waals surface area contributed by atoms with E-state index in [1.54, 1.807) is 11.8 Å². The fraction of sp³-hybridized carbons (Fsp3) is 0.214. The van der Waals surface area contributed by atoms with Crippen molar-refractivity contribution >= 4 is 10.9 Å². The number of para-hydroxylation sites is 1. The number of benzene rings is 1. The summed E-state index contributed by atoms with van der Waals surface area (Å²) in [6.45, 7) is 0. The third-order valence-corrected chi connectivity index (χ3v) is 3.12. The highest BCUT2D eigenvalue weighted by Crippen LogP contribution is 2.24. The van der Waals surface area contributed by atoms with E-state index < -0.39 is 0 Å². The van der Waals surface area contributed by atoms with Crippen molar-refractivity contribution in [1.82, 2.24) is 14.8 Å². The van der Waals surface area contributed by atoms with Crippen LogP contribution in [-0.2, 0) is 13.5 Å². The van der Waals surface area contributed by atoms with Gasteiger partial charge in [0.1, 0.15) is 0 Å². The van der Waals surface area contributed by atoms with E-state index >= 15 is 0 Å². The maximum Gasteiger partial charge on any atom is 0.236 e.